The minimum Gasteiger partial charge on any atom is -0.483 e. The molecule has 0 fully saturated rings. The van der Waals surface area contributed by atoms with E-state index in [2.05, 4.69) is 5.32 Å². The normalized spacial score (nSPS) is 13.9. The molecule has 8 heteroatoms. The predicted molar refractivity (Wildman–Crippen MR) is 107 cm³/mol. The smallest absolute Gasteiger partial charge is 0.344 e. The Balaban J connectivity index is 1.47. The molecule has 1 amide bonds. The number of ketones is 1. The third-order valence-electron chi connectivity index (χ3n) is 4.21. The number of ether oxygens (including phenoxy) is 3. The van der Waals surface area contributed by atoms with Crippen molar-refractivity contribution in [2.45, 2.75) is 39.3 Å². The van der Waals surface area contributed by atoms with Crippen LogP contribution in [0.3, 0.4) is 0 Å². The molecule has 7 nitrogen and oxygen atoms in total. The molecule has 1 N–H and O–H groups in total. The lowest BCUT2D eigenvalue weighted by atomic mass is 10.0. The number of carbonyl (C=O) groups excluding carboxylic acids is 3. The summed E-state index contributed by atoms with van der Waals surface area (Å²) in [5, 5.41) is 2.67. The molecular weight excluding hydrogens is 394 g/mol. The molecule has 1 aromatic carbocycles. The van der Waals surface area contributed by atoms with Crippen molar-refractivity contribution in [1.82, 2.24) is 5.32 Å². The van der Waals surface area contributed by atoms with Gasteiger partial charge in [0.05, 0.1) is 11.4 Å². The fraction of sp³-hybridized carbons (Fsp3) is 0.381. The number of nitrogens with one attached hydrogen (secondary N) is 1. The average Bonchev–Trinajstić information content (AvgIpc) is 3.25. The van der Waals surface area contributed by atoms with Crippen LogP contribution in [0.2, 0.25) is 0 Å². The molecule has 1 aromatic heterocycles. The molecule has 0 spiro atoms. The maximum atomic E-state index is 12.2. The maximum Gasteiger partial charge on any atom is 0.344 e. The molecule has 0 atom stereocenters. The lowest BCUT2D eigenvalue weighted by molar-refractivity contribution is -0.144. The summed E-state index contributed by atoms with van der Waals surface area (Å²) in [5.74, 6) is 0.0495. The van der Waals surface area contributed by atoms with Crippen molar-refractivity contribution in [2.24, 2.45) is 0 Å². The minimum absolute atomic E-state index is 0.141. The van der Waals surface area contributed by atoms with Gasteiger partial charge in [0.1, 0.15) is 5.60 Å². The highest BCUT2D eigenvalue weighted by molar-refractivity contribution is 7.14. The summed E-state index contributed by atoms with van der Waals surface area (Å²) in [6.07, 6.45) is 0.767. The lowest BCUT2D eigenvalue weighted by Crippen LogP contribution is -2.25. The van der Waals surface area contributed by atoms with E-state index < -0.39 is 5.97 Å². The van der Waals surface area contributed by atoms with Crippen LogP contribution in [0.4, 0.5) is 0 Å². The second kappa shape index (κ2) is 8.65. The third-order valence-corrected chi connectivity index (χ3v) is 5.34. The topological polar surface area (TPSA) is 90.9 Å². The van der Waals surface area contributed by atoms with Crippen LogP contribution in [-0.2, 0) is 27.3 Å². The van der Waals surface area contributed by atoms with E-state index in [4.69, 9.17) is 14.2 Å². The number of benzene rings is 1. The summed E-state index contributed by atoms with van der Waals surface area (Å²) < 4.78 is 16.5. The van der Waals surface area contributed by atoms with Crippen molar-refractivity contribution >= 4 is 29.0 Å². The molecule has 1 aliphatic rings. The Morgan fingerprint density at radius 1 is 1.17 bits per heavy atom. The van der Waals surface area contributed by atoms with Crippen molar-refractivity contribution in [2.75, 3.05) is 13.2 Å². The van der Waals surface area contributed by atoms with Gasteiger partial charge in [-0.05, 0) is 32.0 Å². The highest BCUT2D eigenvalue weighted by atomic mass is 32.1. The van der Waals surface area contributed by atoms with Gasteiger partial charge in [-0.3, -0.25) is 9.59 Å². The molecule has 0 saturated heterocycles. The molecular formula is C21H23NO6S. The highest BCUT2D eigenvalue weighted by Crippen LogP contribution is 2.41. The quantitative estimate of drug-likeness (QED) is 0.525. The lowest BCUT2D eigenvalue weighted by Gasteiger charge is -2.18. The van der Waals surface area contributed by atoms with Crippen LogP contribution in [0.1, 0.15) is 40.9 Å². The van der Waals surface area contributed by atoms with Gasteiger partial charge in [0.25, 0.3) is 0 Å². The van der Waals surface area contributed by atoms with Crippen molar-refractivity contribution in [3.8, 4) is 11.5 Å². The number of para-hydroxylation sites is 1. The van der Waals surface area contributed by atoms with Crippen molar-refractivity contribution in [3.63, 3.8) is 0 Å². The predicted octanol–water partition coefficient (Wildman–Crippen LogP) is 2.90. The van der Waals surface area contributed by atoms with Crippen LogP contribution >= 0.6 is 11.3 Å². The molecule has 29 heavy (non-hydrogen) atoms. The molecule has 3 rings (SSSR count). The maximum absolute atomic E-state index is 12.2. The first-order valence-electron chi connectivity index (χ1n) is 9.19. The van der Waals surface area contributed by atoms with Gasteiger partial charge in [-0.15, -0.1) is 11.3 Å². The molecule has 1 aliphatic heterocycles. The Morgan fingerprint density at radius 3 is 2.72 bits per heavy atom. The van der Waals surface area contributed by atoms with Crippen LogP contribution in [0, 0.1) is 0 Å². The van der Waals surface area contributed by atoms with Gasteiger partial charge in [-0.1, -0.05) is 12.1 Å². The standard InChI is InChI=1S/C21H23NO6S/c1-13(23)22-10-15-7-8-18(29-15)16(24)11-27-19(25)12-26-17-6-4-5-14-9-21(2,3)28-20(14)17/h4-8H,9-12H2,1-3H3,(H,22,23). The Morgan fingerprint density at radius 2 is 1.97 bits per heavy atom. The van der Waals surface area contributed by atoms with Gasteiger partial charge in [0.2, 0.25) is 11.7 Å². The van der Waals surface area contributed by atoms with Gasteiger partial charge >= 0.3 is 5.97 Å². The molecule has 2 aromatic rings. The summed E-state index contributed by atoms with van der Waals surface area (Å²) in [6.45, 7) is 5.09. The Labute approximate surface area is 173 Å². The van der Waals surface area contributed by atoms with E-state index in [1.807, 2.05) is 26.0 Å². The number of hydrogen-bond acceptors (Lipinski definition) is 7. The Kier molecular flexibility index (Phi) is 6.22. The molecule has 2 heterocycles. The SMILES string of the molecule is CC(=O)NCc1ccc(C(=O)COC(=O)COc2cccc3c2OC(C)(C)C3)s1. The number of esters is 1. The van der Waals surface area contributed by atoms with E-state index >= 15 is 0 Å². The summed E-state index contributed by atoms with van der Waals surface area (Å²) in [4.78, 5) is 36.4. The molecule has 0 radical (unpaired) electrons. The number of Topliss-reactive ketones (excluding diaryl/α,β-unsaturated/α-hetero) is 1. The zero-order valence-electron chi connectivity index (χ0n) is 16.6. The van der Waals surface area contributed by atoms with Gasteiger partial charge in [0, 0.05) is 23.8 Å². The molecule has 0 unspecified atom stereocenters. The summed E-state index contributed by atoms with van der Waals surface area (Å²) >= 11 is 1.25. The van der Waals surface area contributed by atoms with Crippen molar-refractivity contribution in [3.05, 3.63) is 45.6 Å². The Bertz CT molecular complexity index is 933. The highest BCUT2D eigenvalue weighted by Gasteiger charge is 2.32. The first-order valence-corrected chi connectivity index (χ1v) is 10.0. The summed E-state index contributed by atoms with van der Waals surface area (Å²) in [5.41, 5.74) is 0.720. The van der Waals surface area contributed by atoms with E-state index in [9.17, 15) is 14.4 Å². The van der Waals surface area contributed by atoms with Crippen LogP contribution in [0.25, 0.3) is 0 Å². The summed E-state index contributed by atoms with van der Waals surface area (Å²) in [7, 11) is 0. The zero-order chi connectivity index (χ0) is 21.0. The number of carbonyl (C=O) groups is 3. The molecule has 0 saturated carbocycles. The van der Waals surface area contributed by atoms with Gasteiger partial charge < -0.3 is 19.5 Å². The van der Waals surface area contributed by atoms with Crippen LogP contribution in [0.5, 0.6) is 11.5 Å². The average molecular weight is 417 g/mol. The van der Waals surface area contributed by atoms with E-state index in [1.165, 1.54) is 18.3 Å². The van der Waals surface area contributed by atoms with E-state index in [0.29, 0.717) is 22.9 Å². The largest absolute Gasteiger partial charge is 0.483 e. The first kappa shape index (κ1) is 20.9. The van der Waals surface area contributed by atoms with Crippen molar-refractivity contribution in [1.29, 1.82) is 0 Å². The second-order valence-electron chi connectivity index (χ2n) is 7.33. The zero-order valence-corrected chi connectivity index (χ0v) is 17.4. The Hall–Kier alpha value is -2.87. The fourth-order valence-electron chi connectivity index (χ4n) is 2.93. The third kappa shape index (κ3) is 5.57. The second-order valence-corrected chi connectivity index (χ2v) is 8.50. The monoisotopic (exact) mass is 417 g/mol. The fourth-order valence-corrected chi connectivity index (χ4v) is 3.80. The van der Waals surface area contributed by atoms with Crippen LogP contribution in [-0.4, -0.2) is 36.5 Å². The summed E-state index contributed by atoms with van der Waals surface area (Å²) in [6, 6.07) is 8.97. The van der Waals surface area contributed by atoms with E-state index in [-0.39, 0.29) is 30.5 Å². The number of hydrogen-bond donors (Lipinski definition) is 1. The number of amides is 1. The van der Waals surface area contributed by atoms with Gasteiger partial charge in [0.15, 0.2) is 24.7 Å². The van der Waals surface area contributed by atoms with E-state index in [1.54, 1.807) is 18.2 Å². The molecule has 0 bridgehead atoms. The van der Waals surface area contributed by atoms with Gasteiger partial charge in [-0.2, -0.15) is 0 Å². The number of rotatable bonds is 8. The minimum atomic E-state index is -0.636. The van der Waals surface area contributed by atoms with Crippen LogP contribution < -0.4 is 14.8 Å². The number of thiophene rings is 1. The molecule has 0 aliphatic carbocycles. The van der Waals surface area contributed by atoms with E-state index in [0.717, 1.165) is 16.9 Å². The van der Waals surface area contributed by atoms with Gasteiger partial charge in [-0.25, -0.2) is 4.79 Å². The van der Waals surface area contributed by atoms with Crippen LogP contribution in [0.15, 0.2) is 30.3 Å². The molecule has 154 valence electrons. The first-order chi connectivity index (χ1) is 13.7. The number of fused-ring (bicyclic) bond motifs is 1. The van der Waals surface area contributed by atoms with Crippen molar-refractivity contribution < 1.29 is 28.6 Å².